The molecule has 0 radical (unpaired) electrons. The van der Waals surface area contributed by atoms with Crippen LogP contribution in [0.5, 0.6) is 11.5 Å². The number of methoxy groups -OCH3 is 1. The van der Waals surface area contributed by atoms with Gasteiger partial charge in [0.15, 0.2) is 9.84 Å². The molecule has 0 spiro atoms. The number of ether oxygens (including phenoxy) is 3. The van der Waals surface area contributed by atoms with E-state index in [9.17, 15) is 13.5 Å². The fraction of sp³-hybridized carbons (Fsp3) is 0.636. The first-order chi connectivity index (χ1) is 20.0. The van der Waals surface area contributed by atoms with Gasteiger partial charge in [-0.1, -0.05) is 38.8 Å². The molecular formula is C33H51N2O6S+. The average molecular weight is 604 g/mol. The number of sulfone groups is 1. The van der Waals surface area contributed by atoms with Crippen LogP contribution in [-0.4, -0.2) is 109 Å². The Balaban J connectivity index is 1.50. The lowest BCUT2D eigenvalue weighted by Gasteiger charge is -2.39. The first-order valence-corrected chi connectivity index (χ1v) is 17.1. The molecule has 8 nitrogen and oxygen atoms in total. The number of benzene rings is 2. The summed E-state index contributed by atoms with van der Waals surface area (Å²) in [6, 6.07) is 12.8. The van der Waals surface area contributed by atoms with Crippen molar-refractivity contribution in [1.82, 2.24) is 4.90 Å². The summed E-state index contributed by atoms with van der Waals surface area (Å²) in [5.41, 5.74) is 0.641. The zero-order valence-electron chi connectivity index (χ0n) is 26.2. The quantitative estimate of drug-likeness (QED) is 0.269. The Labute approximate surface area is 253 Å². The van der Waals surface area contributed by atoms with Crippen molar-refractivity contribution in [1.29, 1.82) is 0 Å². The highest BCUT2D eigenvalue weighted by Crippen LogP contribution is 2.49. The van der Waals surface area contributed by atoms with Gasteiger partial charge in [-0.05, 0) is 54.3 Å². The molecule has 234 valence electrons. The third-order valence-electron chi connectivity index (χ3n) is 9.35. The molecular weight excluding hydrogens is 552 g/mol. The van der Waals surface area contributed by atoms with Gasteiger partial charge in [0.1, 0.15) is 18.1 Å². The van der Waals surface area contributed by atoms with E-state index in [0.29, 0.717) is 49.7 Å². The largest absolute Gasteiger partial charge is 0.497 e. The van der Waals surface area contributed by atoms with E-state index < -0.39 is 27.3 Å². The van der Waals surface area contributed by atoms with Crippen molar-refractivity contribution in [3.8, 4) is 11.5 Å². The minimum atomic E-state index is -3.64. The summed E-state index contributed by atoms with van der Waals surface area (Å²) >= 11 is 0. The lowest BCUT2D eigenvalue weighted by Crippen LogP contribution is -2.55. The van der Waals surface area contributed by atoms with Crippen LogP contribution in [-0.2, 0) is 14.6 Å². The van der Waals surface area contributed by atoms with E-state index in [0.717, 1.165) is 55.6 Å². The molecule has 2 aliphatic heterocycles. The molecule has 0 amide bonds. The highest BCUT2D eigenvalue weighted by atomic mass is 32.2. The van der Waals surface area contributed by atoms with Gasteiger partial charge < -0.3 is 23.8 Å². The molecule has 3 atom stereocenters. The van der Waals surface area contributed by atoms with Crippen LogP contribution in [0, 0.1) is 5.41 Å². The molecule has 42 heavy (non-hydrogen) atoms. The standard InChI is InChI=1S/C33H51N2O6S/c1-6-8-14-33(7-2)25-42(37,38)30-13-12-27(39-5)24-29(30)31(32(33)36)26-10-9-11-28(23-26)41-22-21-40-20-17-34-15-18-35(3,4)19-16-34/h9-13,23-24,31-32,36H,6-8,14-22,25H2,1-5H3/q+1/t31-,32-,33?/m1/s1. The Bertz CT molecular complexity index is 1270. The maximum atomic E-state index is 13.8. The fourth-order valence-electron chi connectivity index (χ4n) is 6.43. The number of nitrogens with zero attached hydrogens (tertiary/aromatic N) is 2. The predicted octanol–water partition coefficient (Wildman–Crippen LogP) is 4.35. The predicted molar refractivity (Wildman–Crippen MR) is 166 cm³/mol. The number of piperazine rings is 1. The number of likely N-dealkylation sites (N-methyl/N-ethyl adjacent to an activating group) is 1. The number of aliphatic hydroxyl groups is 1. The first-order valence-electron chi connectivity index (χ1n) is 15.5. The number of unbranched alkanes of at least 4 members (excludes halogenated alkanes) is 1. The minimum Gasteiger partial charge on any atom is -0.497 e. The zero-order chi connectivity index (χ0) is 30.4. The van der Waals surface area contributed by atoms with Crippen LogP contribution in [0.2, 0.25) is 0 Å². The van der Waals surface area contributed by atoms with Crippen LogP contribution in [0.3, 0.4) is 0 Å². The Morgan fingerprint density at radius 3 is 2.48 bits per heavy atom. The number of aliphatic hydroxyl groups excluding tert-OH is 1. The molecule has 0 aliphatic carbocycles. The van der Waals surface area contributed by atoms with Crippen molar-refractivity contribution in [2.45, 2.75) is 56.4 Å². The van der Waals surface area contributed by atoms with E-state index in [1.807, 2.05) is 31.2 Å². The van der Waals surface area contributed by atoms with Crippen LogP contribution < -0.4 is 9.47 Å². The van der Waals surface area contributed by atoms with Gasteiger partial charge in [-0.3, -0.25) is 4.90 Å². The zero-order valence-corrected chi connectivity index (χ0v) is 27.0. The molecule has 2 aromatic rings. The molecule has 2 heterocycles. The van der Waals surface area contributed by atoms with Crippen LogP contribution in [0.1, 0.15) is 56.6 Å². The smallest absolute Gasteiger partial charge is 0.179 e. The molecule has 1 saturated heterocycles. The number of quaternary nitrogens is 1. The second-order valence-corrected chi connectivity index (χ2v) is 14.6. The van der Waals surface area contributed by atoms with Gasteiger partial charge in [-0.2, -0.15) is 0 Å². The van der Waals surface area contributed by atoms with Crippen molar-refractivity contribution in [2.24, 2.45) is 5.41 Å². The average Bonchev–Trinajstić information content (AvgIpc) is 3.04. The lowest BCUT2D eigenvalue weighted by atomic mass is 9.69. The molecule has 1 N–H and O–H groups in total. The highest BCUT2D eigenvalue weighted by Gasteiger charge is 2.49. The molecule has 2 aromatic carbocycles. The second kappa shape index (κ2) is 14.1. The monoisotopic (exact) mass is 603 g/mol. The first kappa shape index (κ1) is 32.7. The molecule has 9 heteroatoms. The second-order valence-electron chi connectivity index (χ2n) is 12.7. The summed E-state index contributed by atoms with van der Waals surface area (Å²) in [6.45, 7) is 11.1. The van der Waals surface area contributed by atoms with Gasteiger partial charge in [0, 0.05) is 31.0 Å². The van der Waals surface area contributed by atoms with Gasteiger partial charge in [-0.25, -0.2) is 8.42 Å². The Kier molecular flexibility index (Phi) is 11.0. The van der Waals surface area contributed by atoms with Crippen LogP contribution in [0.4, 0.5) is 0 Å². The molecule has 0 aromatic heterocycles. The van der Waals surface area contributed by atoms with Gasteiger partial charge >= 0.3 is 0 Å². The molecule has 1 fully saturated rings. The Morgan fingerprint density at radius 2 is 1.79 bits per heavy atom. The molecule has 4 rings (SSSR count). The molecule has 2 aliphatic rings. The summed E-state index contributed by atoms with van der Waals surface area (Å²) < 4.78 is 46.1. The third kappa shape index (κ3) is 7.66. The summed E-state index contributed by atoms with van der Waals surface area (Å²) in [5, 5.41) is 12.1. The van der Waals surface area contributed by atoms with E-state index in [1.54, 1.807) is 25.3 Å². The number of fused-ring (bicyclic) bond motifs is 1. The number of rotatable bonds is 13. The van der Waals surface area contributed by atoms with Gasteiger partial charge in [0.25, 0.3) is 0 Å². The van der Waals surface area contributed by atoms with E-state index in [-0.39, 0.29) is 10.6 Å². The van der Waals surface area contributed by atoms with Crippen LogP contribution in [0.25, 0.3) is 0 Å². The fourth-order valence-corrected chi connectivity index (χ4v) is 8.68. The van der Waals surface area contributed by atoms with E-state index in [1.165, 1.54) is 0 Å². The van der Waals surface area contributed by atoms with Gasteiger partial charge in [0.05, 0.1) is 64.3 Å². The van der Waals surface area contributed by atoms with Crippen LogP contribution >= 0.6 is 0 Å². The highest BCUT2D eigenvalue weighted by molar-refractivity contribution is 7.91. The van der Waals surface area contributed by atoms with Crippen molar-refractivity contribution in [3.63, 3.8) is 0 Å². The normalized spacial score (nSPS) is 25.4. The van der Waals surface area contributed by atoms with E-state index >= 15 is 0 Å². The molecule has 0 saturated carbocycles. The Hall–Kier alpha value is -2.17. The van der Waals surface area contributed by atoms with Crippen molar-refractivity contribution in [3.05, 3.63) is 53.6 Å². The van der Waals surface area contributed by atoms with Crippen molar-refractivity contribution in [2.75, 3.05) is 79.5 Å². The minimum absolute atomic E-state index is 0.0741. The summed E-state index contributed by atoms with van der Waals surface area (Å²) in [4.78, 5) is 2.73. The van der Waals surface area contributed by atoms with E-state index in [4.69, 9.17) is 14.2 Å². The molecule has 0 bridgehead atoms. The maximum absolute atomic E-state index is 13.8. The molecule has 1 unspecified atom stereocenters. The lowest BCUT2D eigenvalue weighted by molar-refractivity contribution is -0.894. The van der Waals surface area contributed by atoms with E-state index in [2.05, 4.69) is 25.9 Å². The van der Waals surface area contributed by atoms with Gasteiger partial charge in [-0.15, -0.1) is 0 Å². The summed E-state index contributed by atoms with van der Waals surface area (Å²) in [5.74, 6) is 0.620. The van der Waals surface area contributed by atoms with Crippen LogP contribution in [0.15, 0.2) is 47.4 Å². The van der Waals surface area contributed by atoms with Crippen molar-refractivity contribution < 1.29 is 32.2 Å². The topological polar surface area (TPSA) is 85.3 Å². The Morgan fingerprint density at radius 1 is 1.02 bits per heavy atom. The van der Waals surface area contributed by atoms with Gasteiger partial charge in [0.2, 0.25) is 0 Å². The maximum Gasteiger partial charge on any atom is 0.179 e. The number of hydrogen-bond donors (Lipinski definition) is 1. The SMILES string of the molecule is CCCCC1(CC)CS(=O)(=O)c2ccc(OC)cc2[C@@H](c2cccc(OCCOCCN3CC[N+](C)(C)CC3)c2)[C@H]1O. The van der Waals surface area contributed by atoms with Crippen molar-refractivity contribution >= 4 is 9.84 Å². The summed E-state index contributed by atoms with van der Waals surface area (Å²) in [6.07, 6.45) is 2.10. The number of hydrogen-bond acceptors (Lipinski definition) is 7. The summed E-state index contributed by atoms with van der Waals surface area (Å²) in [7, 11) is 2.48. The third-order valence-corrected chi connectivity index (χ3v) is 11.3.